The molecule has 0 aromatic heterocycles. The molecule has 7 nitrogen and oxygen atoms in total. The van der Waals surface area contributed by atoms with E-state index in [1.807, 2.05) is 13.8 Å². The molecule has 0 aromatic rings. The van der Waals surface area contributed by atoms with E-state index in [2.05, 4.69) is 4.99 Å². The Labute approximate surface area is 92.8 Å². The lowest BCUT2D eigenvalue weighted by molar-refractivity contribution is -0.426. The summed E-state index contributed by atoms with van der Waals surface area (Å²) in [5, 5.41) is 10.3. The standard InChI is InChI=1S/C9H14N4O3/c1-6(2)12-5-7(11-4-9(12)14)3-8(10)13(15)16/h3,6H,4-5,10H2,1-2H3/b8-3+. The highest BCUT2D eigenvalue weighted by molar-refractivity contribution is 6.02. The van der Waals surface area contributed by atoms with Crippen molar-refractivity contribution in [2.24, 2.45) is 10.7 Å². The number of nitrogens with zero attached hydrogens (tertiary/aromatic N) is 3. The fourth-order valence-electron chi connectivity index (χ4n) is 1.36. The van der Waals surface area contributed by atoms with E-state index in [1.165, 1.54) is 6.08 Å². The largest absolute Gasteiger partial charge is 0.358 e. The number of carbonyl (C=O) groups is 1. The van der Waals surface area contributed by atoms with E-state index >= 15 is 0 Å². The first-order valence-electron chi connectivity index (χ1n) is 4.86. The third kappa shape index (κ3) is 2.78. The Morgan fingerprint density at radius 2 is 2.31 bits per heavy atom. The molecule has 1 amide bonds. The van der Waals surface area contributed by atoms with Crippen LogP contribution in [0.25, 0.3) is 0 Å². The molecule has 0 spiro atoms. The van der Waals surface area contributed by atoms with Crippen LogP contribution in [0, 0.1) is 10.1 Å². The van der Waals surface area contributed by atoms with Crippen LogP contribution in [0.3, 0.4) is 0 Å². The van der Waals surface area contributed by atoms with Crippen molar-refractivity contribution in [1.29, 1.82) is 0 Å². The predicted octanol–water partition coefficient (Wildman–Crippen LogP) is -0.245. The number of aliphatic imine (C=N–C) groups is 1. The van der Waals surface area contributed by atoms with E-state index < -0.39 is 10.7 Å². The molecule has 0 bridgehead atoms. The molecular formula is C9H14N4O3. The van der Waals surface area contributed by atoms with Crippen LogP contribution in [-0.2, 0) is 4.79 Å². The average molecular weight is 226 g/mol. The third-order valence-corrected chi connectivity index (χ3v) is 2.22. The molecule has 0 unspecified atom stereocenters. The van der Waals surface area contributed by atoms with Crippen LogP contribution < -0.4 is 5.73 Å². The quantitative estimate of drug-likeness (QED) is 0.529. The van der Waals surface area contributed by atoms with Crippen molar-refractivity contribution in [3.8, 4) is 0 Å². The van der Waals surface area contributed by atoms with Crippen LogP contribution in [0.2, 0.25) is 0 Å². The van der Waals surface area contributed by atoms with Gasteiger partial charge in [0.05, 0.1) is 18.3 Å². The summed E-state index contributed by atoms with van der Waals surface area (Å²) in [5.74, 6) is -0.538. The summed E-state index contributed by atoms with van der Waals surface area (Å²) >= 11 is 0. The Morgan fingerprint density at radius 1 is 1.69 bits per heavy atom. The molecule has 0 radical (unpaired) electrons. The van der Waals surface area contributed by atoms with Gasteiger partial charge in [-0.05, 0) is 18.8 Å². The van der Waals surface area contributed by atoms with Crippen LogP contribution >= 0.6 is 0 Å². The minimum absolute atomic E-state index is 0.0228. The maximum absolute atomic E-state index is 11.4. The number of carbonyl (C=O) groups excluding carboxylic acids is 1. The second-order valence-corrected chi connectivity index (χ2v) is 3.75. The maximum Gasteiger partial charge on any atom is 0.315 e. The van der Waals surface area contributed by atoms with E-state index in [4.69, 9.17) is 5.73 Å². The van der Waals surface area contributed by atoms with Gasteiger partial charge in [-0.3, -0.25) is 15.5 Å². The minimum atomic E-state index is -0.682. The summed E-state index contributed by atoms with van der Waals surface area (Å²) in [7, 11) is 0. The highest BCUT2D eigenvalue weighted by Gasteiger charge is 2.22. The van der Waals surface area contributed by atoms with Crippen LogP contribution in [-0.4, -0.2) is 40.6 Å². The molecule has 16 heavy (non-hydrogen) atoms. The summed E-state index contributed by atoms with van der Waals surface area (Å²) in [4.78, 5) is 26.6. The number of nitrogens with two attached hydrogens (primary N) is 1. The molecule has 1 aliphatic rings. The van der Waals surface area contributed by atoms with E-state index in [9.17, 15) is 14.9 Å². The normalized spacial score (nSPS) is 17.7. The van der Waals surface area contributed by atoms with Gasteiger partial charge in [-0.25, -0.2) is 0 Å². The van der Waals surface area contributed by atoms with Gasteiger partial charge in [0.1, 0.15) is 6.54 Å². The molecule has 0 fully saturated rings. The number of hydrogen-bond acceptors (Lipinski definition) is 5. The zero-order valence-electron chi connectivity index (χ0n) is 9.21. The number of rotatable bonds is 3. The van der Waals surface area contributed by atoms with Gasteiger partial charge in [0.15, 0.2) is 0 Å². The first-order valence-corrected chi connectivity index (χ1v) is 4.86. The maximum atomic E-state index is 11.4. The molecule has 1 rings (SSSR count). The summed E-state index contributed by atoms with van der Waals surface area (Å²) in [6.45, 7) is 4.04. The number of amides is 1. The molecule has 0 saturated heterocycles. The van der Waals surface area contributed by atoms with Crippen LogP contribution in [0.5, 0.6) is 0 Å². The molecule has 0 atom stereocenters. The van der Waals surface area contributed by atoms with Gasteiger partial charge in [0, 0.05) is 6.04 Å². The van der Waals surface area contributed by atoms with Gasteiger partial charge in [0.25, 0.3) is 0 Å². The molecule has 0 aromatic carbocycles. The van der Waals surface area contributed by atoms with Crippen molar-refractivity contribution in [3.63, 3.8) is 0 Å². The monoisotopic (exact) mass is 226 g/mol. The molecule has 88 valence electrons. The second-order valence-electron chi connectivity index (χ2n) is 3.75. The van der Waals surface area contributed by atoms with Crippen LogP contribution in [0.15, 0.2) is 16.9 Å². The predicted molar refractivity (Wildman–Crippen MR) is 58.4 cm³/mol. The topological polar surface area (TPSA) is 102 Å². The van der Waals surface area contributed by atoms with Crippen molar-refractivity contribution < 1.29 is 9.72 Å². The van der Waals surface area contributed by atoms with E-state index in [0.29, 0.717) is 5.71 Å². The highest BCUT2D eigenvalue weighted by Crippen LogP contribution is 2.06. The zero-order valence-corrected chi connectivity index (χ0v) is 9.21. The van der Waals surface area contributed by atoms with Gasteiger partial charge in [-0.2, -0.15) is 0 Å². The summed E-state index contributed by atoms with van der Waals surface area (Å²) in [6, 6.07) is 0.0447. The van der Waals surface area contributed by atoms with Crippen molar-refractivity contribution in [2.75, 3.05) is 13.1 Å². The highest BCUT2D eigenvalue weighted by atomic mass is 16.6. The van der Waals surface area contributed by atoms with Crippen molar-refractivity contribution in [1.82, 2.24) is 4.90 Å². The van der Waals surface area contributed by atoms with Crippen molar-refractivity contribution >= 4 is 11.6 Å². The molecule has 2 N–H and O–H groups in total. The lowest BCUT2D eigenvalue weighted by atomic mass is 10.2. The molecule has 1 heterocycles. The van der Waals surface area contributed by atoms with Gasteiger partial charge in [-0.1, -0.05) is 0 Å². The smallest absolute Gasteiger partial charge is 0.315 e. The van der Waals surface area contributed by atoms with E-state index in [-0.39, 0.29) is 25.0 Å². The number of hydrogen-bond donors (Lipinski definition) is 1. The summed E-state index contributed by atoms with van der Waals surface area (Å²) in [6.07, 6.45) is 1.20. The fraction of sp³-hybridized carbons (Fsp3) is 0.556. The molecule has 0 aliphatic carbocycles. The minimum Gasteiger partial charge on any atom is -0.358 e. The lowest BCUT2D eigenvalue weighted by Crippen LogP contribution is -2.45. The Bertz CT molecular complexity index is 373. The van der Waals surface area contributed by atoms with Crippen LogP contribution in [0.1, 0.15) is 13.8 Å². The second kappa shape index (κ2) is 4.73. The van der Waals surface area contributed by atoms with Crippen molar-refractivity contribution in [3.05, 3.63) is 22.0 Å². The number of nitro groups is 1. The summed E-state index contributed by atoms with van der Waals surface area (Å²) in [5.41, 5.74) is 5.64. The first-order chi connectivity index (χ1) is 7.41. The van der Waals surface area contributed by atoms with Gasteiger partial charge < -0.3 is 15.0 Å². The fourth-order valence-corrected chi connectivity index (χ4v) is 1.36. The molecule has 1 aliphatic heterocycles. The van der Waals surface area contributed by atoms with Crippen LogP contribution in [0.4, 0.5) is 0 Å². The van der Waals surface area contributed by atoms with Gasteiger partial charge in [0.2, 0.25) is 5.91 Å². The van der Waals surface area contributed by atoms with Crippen molar-refractivity contribution in [2.45, 2.75) is 19.9 Å². The Balaban J connectivity index is 2.82. The average Bonchev–Trinajstić information content (AvgIpc) is 2.20. The summed E-state index contributed by atoms with van der Waals surface area (Å²) < 4.78 is 0. The Morgan fingerprint density at radius 3 is 2.81 bits per heavy atom. The third-order valence-electron chi connectivity index (χ3n) is 2.22. The SMILES string of the molecule is CC(C)N1CC(/C=C(\N)[N+](=O)[O-])=NCC1=O. The first kappa shape index (κ1) is 12.2. The molecule has 0 saturated carbocycles. The van der Waals surface area contributed by atoms with Gasteiger partial charge >= 0.3 is 5.82 Å². The molecule has 7 heteroatoms. The van der Waals surface area contributed by atoms with Gasteiger partial charge in [-0.15, -0.1) is 0 Å². The van der Waals surface area contributed by atoms with E-state index in [1.54, 1.807) is 4.90 Å². The van der Waals surface area contributed by atoms with E-state index in [0.717, 1.165) is 0 Å². The lowest BCUT2D eigenvalue weighted by Gasteiger charge is -2.29. The Hall–Kier alpha value is -1.92. The molecular weight excluding hydrogens is 212 g/mol. The zero-order chi connectivity index (χ0) is 12.3. The Kier molecular flexibility index (Phi) is 3.60.